The summed E-state index contributed by atoms with van der Waals surface area (Å²) in [5.74, 6) is 0.317. The van der Waals surface area contributed by atoms with Gasteiger partial charge >= 0.3 is 0 Å². The Labute approximate surface area is 109 Å². The number of hydrogen-bond acceptors (Lipinski definition) is 2. The first-order valence-corrected chi connectivity index (χ1v) is 5.62. The Kier molecular flexibility index (Phi) is 6.85. The van der Waals surface area contributed by atoms with Crippen molar-refractivity contribution in [1.29, 1.82) is 0 Å². The summed E-state index contributed by atoms with van der Waals surface area (Å²) in [5.41, 5.74) is 7.72. The number of nitrogens with two attached hydrogens (primary N) is 1. The first-order chi connectivity index (χ1) is 7.49. The summed E-state index contributed by atoms with van der Waals surface area (Å²) in [6.07, 6.45) is 0.706. The van der Waals surface area contributed by atoms with Gasteiger partial charge in [0.15, 0.2) is 0 Å². The maximum absolute atomic E-state index is 11.7. The van der Waals surface area contributed by atoms with E-state index in [0.29, 0.717) is 12.3 Å². The Hall–Kier alpha value is -1.06. The molecular formula is C13H21ClN2O. The molecule has 0 unspecified atom stereocenters. The first kappa shape index (κ1) is 15.9. The van der Waals surface area contributed by atoms with Gasteiger partial charge in [0.05, 0.1) is 6.04 Å². The lowest BCUT2D eigenvalue weighted by molar-refractivity contribution is -0.117. The standard InChI is InChI=1S/C13H20N2O.ClH/c1-9(2)7-12(14)13(16)15-11-6-4-5-10(3)8-11;/h4-6,8-9,12H,7,14H2,1-3H3,(H,15,16);1H/t12-;/m0./s1. The number of aryl methyl sites for hydroxylation is 1. The number of halogens is 1. The average Bonchev–Trinajstić information content (AvgIpc) is 2.16. The van der Waals surface area contributed by atoms with Gasteiger partial charge in [-0.15, -0.1) is 12.4 Å². The number of carbonyl (C=O) groups is 1. The minimum absolute atomic E-state index is 0. The molecule has 4 heteroatoms. The largest absolute Gasteiger partial charge is 0.325 e. The summed E-state index contributed by atoms with van der Waals surface area (Å²) in [5, 5.41) is 2.82. The third kappa shape index (κ3) is 5.71. The van der Waals surface area contributed by atoms with Crippen LogP contribution in [0.4, 0.5) is 5.69 Å². The highest BCUT2D eigenvalue weighted by Gasteiger charge is 2.14. The maximum atomic E-state index is 11.7. The number of hydrogen-bond donors (Lipinski definition) is 2. The van der Waals surface area contributed by atoms with Crippen LogP contribution in [0.2, 0.25) is 0 Å². The molecule has 1 aromatic rings. The van der Waals surface area contributed by atoms with Gasteiger partial charge in [0.25, 0.3) is 0 Å². The molecule has 1 atom stereocenters. The zero-order valence-electron chi connectivity index (χ0n) is 10.6. The highest BCUT2D eigenvalue weighted by atomic mass is 35.5. The molecule has 0 aliphatic heterocycles. The second-order valence-electron chi connectivity index (χ2n) is 4.59. The highest BCUT2D eigenvalue weighted by Crippen LogP contribution is 2.11. The van der Waals surface area contributed by atoms with E-state index in [0.717, 1.165) is 11.3 Å². The molecule has 0 aromatic heterocycles. The molecule has 1 aromatic carbocycles. The van der Waals surface area contributed by atoms with Crippen molar-refractivity contribution in [3.8, 4) is 0 Å². The van der Waals surface area contributed by atoms with Crippen LogP contribution in [0.3, 0.4) is 0 Å². The molecule has 96 valence electrons. The van der Waals surface area contributed by atoms with Crippen LogP contribution in [0.5, 0.6) is 0 Å². The summed E-state index contributed by atoms with van der Waals surface area (Å²) in [4.78, 5) is 11.7. The fraction of sp³-hybridized carbons (Fsp3) is 0.462. The quantitative estimate of drug-likeness (QED) is 0.870. The normalized spacial score (nSPS) is 11.8. The second kappa shape index (κ2) is 7.30. The van der Waals surface area contributed by atoms with Crippen molar-refractivity contribution in [3.05, 3.63) is 29.8 Å². The number of anilines is 1. The molecule has 0 saturated heterocycles. The average molecular weight is 257 g/mol. The van der Waals surface area contributed by atoms with Crippen LogP contribution in [-0.2, 0) is 4.79 Å². The van der Waals surface area contributed by atoms with Gasteiger partial charge in [0, 0.05) is 5.69 Å². The summed E-state index contributed by atoms with van der Waals surface area (Å²) >= 11 is 0. The molecule has 0 aliphatic carbocycles. The van der Waals surface area contributed by atoms with Gasteiger partial charge in [-0.05, 0) is 37.0 Å². The van der Waals surface area contributed by atoms with Crippen LogP contribution < -0.4 is 11.1 Å². The fourth-order valence-corrected chi connectivity index (χ4v) is 1.57. The molecule has 0 fully saturated rings. The van der Waals surface area contributed by atoms with E-state index in [2.05, 4.69) is 19.2 Å². The third-order valence-electron chi connectivity index (χ3n) is 2.35. The molecule has 0 bridgehead atoms. The van der Waals surface area contributed by atoms with Crippen LogP contribution in [-0.4, -0.2) is 11.9 Å². The minimum atomic E-state index is -0.430. The smallest absolute Gasteiger partial charge is 0.241 e. The van der Waals surface area contributed by atoms with Crippen LogP contribution in [0.1, 0.15) is 25.8 Å². The van der Waals surface area contributed by atoms with E-state index in [4.69, 9.17) is 5.73 Å². The monoisotopic (exact) mass is 256 g/mol. The van der Waals surface area contributed by atoms with Gasteiger partial charge in [0.1, 0.15) is 0 Å². The predicted octanol–water partition coefficient (Wildman–Crippen LogP) is 2.73. The Balaban J connectivity index is 0.00000256. The van der Waals surface area contributed by atoms with Crippen molar-refractivity contribution in [2.24, 2.45) is 11.7 Å². The Morgan fingerprint density at radius 3 is 2.59 bits per heavy atom. The summed E-state index contributed by atoms with van der Waals surface area (Å²) in [7, 11) is 0. The molecule has 3 N–H and O–H groups in total. The maximum Gasteiger partial charge on any atom is 0.241 e. The van der Waals surface area contributed by atoms with Crippen molar-refractivity contribution < 1.29 is 4.79 Å². The van der Waals surface area contributed by atoms with Gasteiger partial charge in [-0.25, -0.2) is 0 Å². The van der Waals surface area contributed by atoms with Gasteiger partial charge < -0.3 is 11.1 Å². The molecule has 1 rings (SSSR count). The van der Waals surface area contributed by atoms with Crippen LogP contribution >= 0.6 is 12.4 Å². The lowest BCUT2D eigenvalue weighted by Crippen LogP contribution is -2.36. The molecule has 1 amide bonds. The molecule has 0 spiro atoms. The molecule has 0 aliphatic rings. The zero-order valence-corrected chi connectivity index (χ0v) is 11.4. The van der Waals surface area contributed by atoms with E-state index in [9.17, 15) is 4.79 Å². The van der Waals surface area contributed by atoms with Crippen LogP contribution in [0.25, 0.3) is 0 Å². The minimum Gasteiger partial charge on any atom is -0.325 e. The SMILES string of the molecule is Cc1cccc(NC(=O)[C@@H](N)CC(C)C)c1.Cl. The molecule has 0 radical (unpaired) electrons. The van der Waals surface area contributed by atoms with Crippen LogP contribution in [0.15, 0.2) is 24.3 Å². The van der Waals surface area contributed by atoms with Crippen molar-refractivity contribution in [3.63, 3.8) is 0 Å². The summed E-state index contributed by atoms with van der Waals surface area (Å²) < 4.78 is 0. The molecule has 3 nitrogen and oxygen atoms in total. The van der Waals surface area contributed by atoms with Crippen molar-refractivity contribution in [2.75, 3.05) is 5.32 Å². The van der Waals surface area contributed by atoms with Gasteiger partial charge in [-0.3, -0.25) is 4.79 Å². The Morgan fingerprint density at radius 2 is 2.06 bits per heavy atom. The number of rotatable bonds is 4. The van der Waals surface area contributed by atoms with Crippen molar-refractivity contribution >= 4 is 24.0 Å². The van der Waals surface area contributed by atoms with Crippen LogP contribution in [0, 0.1) is 12.8 Å². The van der Waals surface area contributed by atoms with E-state index in [-0.39, 0.29) is 18.3 Å². The van der Waals surface area contributed by atoms with Gasteiger partial charge in [0.2, 0.25) is 5.91 Å². The van der Waals surface area contributed by atoms with E-state index in [1.165, 1.54) is 0 Å². The van der Waals surface area contributed by atoms with E-state index in [1.807, 2.05) is 31.2 Å². The van der Waals surface area contributed by atoms with Gasteiger partial charge in [-0.1, -0.05) is 26.0 Å². The zero-order chi connectivity index (χ0) is 12.1. The Morgan fingerprint density at radius 1 is 1.41 bits per heavy atom. The second-order valence-corrected chi connectivity index (χ2v) is 4.59. The van der Waals surface area contributed by atoms with E-state index >= 15 is 0 Å². The lowest BCUT2D eigenvalue weighted by Gasteiger charge is -2.14. The summed E-state index contributed by atoms with van der Waals surface area (Å²) in [6, 6.07) is 7.27. The molecule has 17 heavy (non-hydrogen) atoms. The molecule has 0 saturated carbocycles. The lowest BCUT2D eigenvalue weighted by atomic mass is 10.0. The van der Waals surface area contributed by atoms with E-state index in [1.54, 1.807) is 0 Å². The predicted molar refractivity (Wildman–Crippen MR) is 74.5 cm³/mol. The Bertz CT molecular complexity index is 366. The number of amides is 1. The number of carbonyl (C=O) groups excluding carboxylic acids is 1. The van der Waals surface area contributed by atoms with Gasteiger partial charge in [-0.2, -0.15) is 0 Å². The van der Waals surface area contributed by atoms with Crippen molar-refractivity contribution in [1.82, 2.24) is 0 Å². The number of benzene rings is 1. The fourth-order valence-electron chi connectivity index (χ4n) is 1.57. The van der Waals surface area contributed by atoms with Crippen molar-refractivity contribution in [2.45, 2.75) is 33.2 Å². The van der Waals surface area contributed by atoms with E-state index < -0.39 is 6.04 Å². The summed E-state index contributed by atoms with van der Waals surface area (Å²) in [6.45, 7) is 6.10. The molecule has 0 heterocycles. The topological polar surface area (TPSA) is 55.1 Å². The first-order valence-electron chi connectivity index (χ1n) is 5.62. The third-order valence-corrected chi connectivity index (χ3v) is 2.35. The molecular weight excluding hydrogens is 236 g/mol. The number of nitrogens with one attached hydrogen (secondary N) is 1. The highest BCUT2D eigenvalue weighted by molar-refractivity contribution is 5.94.